The molecule has 0 saturated heterocycles. The Morgan fingerprint density at radius 1 is 1.47 bits per heavy atom. The molecule has 1 aromatic carbocycles. The van der Waals surface area contributed by atoms with Crippen molar-refractivity contribution in [1.29, 1.82) is 0 Å². The summed E-state index contributed by atoms with van der Waals surface area (Å²) in [6.45, 7) is 6.81. The maximum Gasteiger partial charge on any atom is 0.251 e. The first-order valence-corrected chi connectivity index (χ1v) is 7.16. The normalized spacial score (nSPS) is 11.4. The average Bonchev–Trinajstić information content (AvgIpc) is 2.29. The monoisotopic (exact) mass is 269 g/mol. The quantitative estimate of drug-likeness (QED) is 0.822. The molecule has 0 unspecified atom stereocenters. The molecule has 0 bridgehead atoms. The van der Waals surface area contributed by atoms with Gasteiger partial charge in [0.05, 0.1) is 0 Å². The average molecular weight is 269 g/mol. The van der Waals surface area contributed by atoms with Gasteiger partial charge in [-0.15, -0.1) is 12.6 Å². The molecule has 94 valence electrons. The molecule has 1 N–H and O–H groups in total. The van der Waals surface area contributed by atoms with Crippen molar-refractivity contribution in [2.45, 2.75) is 30.4 Å². The van der Waals surface area contributed by atoms with E-state index in [0.29, 0.717) is 12.1 Å². The lowest BCUT2D eigenvalue weighted by atomic mass is 10.1. The number of rotatable bonds is 4. The van der Waals surface area contributed by atoms with Gasteiger partial charge in [0.25, 0.3) is 5.91 Å². The van der Waals surface area contributed by atoms with Crippen molar-refractivity contribution < 1.29 is 4.79 Å². The largest absolute Gasteiger partial charge is 0.351 e. The molecule has 1 rings (SSSR count). The number of carbonyl (C=O) groups excluding carboxylic acids is 1. The summed E-state index contributed by atoms with van der Waals surface area (Å²) in [5, 5.41) is 2.96. The minimum Gasteiger partial charge on any atom is -0.351 e. The number of carbonyl (C=O) groups is 1. The van der Waals surface area contributed by atoms with Crippen LogP contribution in [0.5, 0.6) is 0 Å². The smallest absolute Gasteiger partial charge is 0.251 e. The molecule has 4 heteroatoms. The van der Waals surface area contributed by atoms with E-state index in [4.69, 9.17) is 0 Å². The van der Waals surface area contributed by atoms with E-state index in [1.54, 1.807) is 17.8 Å². The lowest BCUT2D eigenvalue weighted by Crippen LogP contribution is -2.36. The van der Waals surface area contributed by atoms with Crippen molar-refractivity contribution in [3.8, 4) is 0 Å². The Bertz CT molecular complexity index is 416. The van der Waals surface area contributed by atoms with Gasteiger partial charge in [0.1, 0.15) is 0 Å². The third-order valence-corrected chi connectivity index (χ3v) is 4.22. The number of aryl methyl sites for hydroxylation is 1. The van der Waals surface area contributed by atoms with E-state index in [1.807, 2.05) is 25.3 Å². The molecule has 0 atom stereocenters. The van der Waals surface area contributed by atoms with Gasteiger partial charge in [-0.2, -0.15) is 11.8 Å². The number of amides is 1. The van der Waals surface area contributed by atoms with Gasteiger partial charge in [0, 0.05) is 21.8 Å². The number of hydrogen-bond donors (Lipinski definition) is 2. The van der Waals surface area contributed by atoms with E-state index < -0.39 is 0 Å². The number of thioether (sulfide) groups is 1. The molecule has 0 aliphatic carbocycles. The predicted molar refractivity (Wildman–Crippen MR) is 78.4 cm³/mol. The van der Waals surface area contributed by atoms with E-state index in [2.05, 4.69) is 31.8 Å². The SMILES string of the molecule is CSC(C)(C)CNC(=O)c1cc(S)ccc1C. The summed E-state index contributed by atoms with van der Waals surface area (Å²) in [6, 6.07) is 5.61. The Labute approximate surface area is 113 Å². The molecule has 1 amide bonds. The number of thiol groups is 1. The maximum absolute atomic E-state index is 12.0. The number of nitrogens with one attached hydrogen (secondary N) is 1. The predicted octanol–water partition coefficient (Wildman–Crippen LogP) is 3.16. The highest BCUT2D eigenvalue weighted by Gasteiger charge is 2.18. The molecule has 0 aliphatic heterocycles. The van der Waals surface area contributed by atoms with Crippen LogP contribution >= 0.6 is 24.4 Å². The number of benzene rings is 1. The van der Waals surface area contributed by atoms with Crippen LogP contribution in [-0.4, -0.2) is 23.5 Å². The Balaban J connectivity index is 2.74. The van der Waals surface area contributed by atoms with Crippen molar-refractivity contribution in [2.24, 2.45) is 0 Å². The van der Waals surface area contributed by atoms with E-state index in [0.717, 1.165) is 10.5 Å². The summed E-state index contributed by atoms with van der Waals surface area (Å²) in [5.74, 6) is -0.0273. The highest BCUT2D eigenvalue weighted by molar-refractivity contribution is 7.99. The first-order chi connectivity index (χ1) is 7.85. The van der Waals surface area contributed by atoms with Crippen LogP contribution in [0.25, 0.3) is 0 Å². The van der Waals surface area contributed by atoms with Gasteiger partial charge in [0.2, 0.25) is 0 Å². The first-order valence-electron chi connectivity index (χ1n) is 5.49. The molecule has 1 aromatic rings. The summed E-state index contributed by atoms with van der Waals surface area (Å²) >= 11 is 6.00. The summed E-state index contributed by atoms with van der Waals surface area (Å²) < 4.78 is 0.0577. The number of hydrogen-bond acceptors (Lipinski definition) is 3. The van der Waals surface area contributed by atoms with Crippen molar-refractivity contribution >= 4 is 30.3 Å². The molecule has 0 heterocycles. The van der Waals surface area contributed by atoms with E-state index >= 15 is 0 Å². The molecule has 0 aromatic heterocycles. The van der Waals surface area contributed by atoms with E-state index in [1.165, 1.54) is 0 Å². The standard InChI is InChI=1S/C13H19NOS2/c1-9-5-6-10(16)7-11(9)12(15)14-8-13(2,3)17-4/h5-7,16H,8H2,1-4H3,(H,14,15). The Kier molecular flexibility index (Phi) is 4.95. The van der Waals surface area contributed by atoms with Gasteiger partial charge in [-0.1, -0.05) is 6.07 Å². The summed E-state index contributed by atoms with van der Waals surface area (Å²) in [6.07, 6.45) is 2.05. The van der Waals surface area contributed by atoms with Crippen LogP contribution in [0, 0.1) is 6.92 Å². The maximum atomic E-state index is 12.0. The summed E-state index contributed by atoms with van der Waals surface area (Å²) in [5.41, 5.74) is 1.68. The van der Waals surface area contributed by atoms with Gasteiger partial charge in [-0.3, -0.25) is 4.79 Å². The second kappa shape index (κ2) is 5.83. The summed E-state index contributed by atoms with van der Waals surface area (Å²) in [4.78, 5) is 12.8. The van der Waals surface area contributed by atoms with Gasteiger partial charge in [0.15, 0.2) is 0 Å². The van der Waals surface area contributed by atoms with Crippen LogP contribution in [-0.2, 0) is 0 Å². The highest BCUT2D eigenvalue weighted by Crippen LogP contribution is 2.20. The van der Waals surface area contributed by atoms with Gasteiger partial charge in [-0.05, 0) is 44.7 Å². The molecule has 0 saturated carbocycles. The molecular formula is C13H19NOS2. The zero-order chi connectivity index (χ0) is 13.1. The van der Waals surface area contributed by atoms with Crippen LogP contribution in [0.1, 0.15) is 29.8 Å². The van der Waals surface area contributed by atoms with E-state index in [-0.39, 0.29) is 10.7 Å². The minimum absolute atomic E-state index is 0.0273. The van der Waals surface area contributed by atoms with Crippen LogP contribution in [0.2, 0.25) is 0 Å². The first kappa shape index (κ1) is 14.5. The minimum atomic E-state index is -0.0273. The highest BCUT2D eigenvalue weighted by atomic mass is 32.2. The zero-order valence-corrected chi connectivity index (χ0v) is 12.4. The van der Waals surface area contributed by atoms with Crippen LogP contribution in [0.15, 0.2) is 23.1 Å². The fourth-order valence-corrected chi connectivity index (χ4v) is 1.74. The molecule has 0 aliphatic rings. The lowest BCUT2D eigenvalue weighted by molar-refractivity contribution is 0.0950. The molecule has 17 heavy (non-hydrogen) atoms. The zero-order valence-electron chi connectivity index (χ0n) is 10.7. The third kappa shape index (κ3) is 4.28. The molecular weight excluding hydrogens is 250 g/mol. The summed E-state index contributed by atoms with van der Waals surface area (Å²) in [7, 11) is 0. The Morgan fingerprint density at radius 2 is 2.12 bits per heavy atom. The van der Waals surface area contributed by atoms with Crippen LogP contribution in [0.3, 0.4) is 0 Å². The van der Waals surface area contributed by atoms with Crippen molar-refractivity contribution in [3.05, 3.63) is 29.3 Å². The van der Waals surface area contributed by atoms with E-state index in [9.17, 15) is 4.79 Å². The lowest BCUT2D eigenvalue weighted by Gasteiger charge is -2.22. The Morgan fingerprint density at radius 3 is 2.71 bits per heavy atom. The fraction of sp³-hybridized carbons (Fsp3) is 0.462. The van der Waals surface area contributed by atoms with Crippen molar-refractivity contribution in [1.82, 2.24) is 5.32 Å². The van der Waals surface area contributed by atoms with Crippen LogP contribution in [0.4, 0.5) is 0 Å². The molecule has 0 radical (unpaired) electrons. The van der Waals surface area contributed by atoms with Gasteiger partial charge in [-0.25, -0.2) is 0 Å². The van der Waals surface area contributed by atoms with Crippen molar-refractivity contribution in [2.75, 3.05) is 12.8 Å². The third-order valence-electron chi connectivity index (χ3n) is 2.69. The second-order valence-electron chi connectivity index (χ2n) is 4.65. The Hall–Kier alpha value is -0.610. The van der Waals surface area contributed by atoms with Gasteiger partial charge >= 0.3 is 0 Å². The fourth-order valence-electron chi connectivity index (χ4n) is 1.32. The molecule has 0 fully saturated rings. The van der Waals surface area contributed by atoms with Gasteiger partial charge < -0.3 is 5.32 Å². The molecule has 2 nitrogen and oxygen atoms in total. The van der Waals surface area contributed by atoms with Crippen LogP contribution < -0.4 is 5.32 Å². The molecule has 0 spiro atoms. The van der Waals surface area contributed by atoms with Crippen molar-refractivity contribution in [3.63, 3.8) is 0 Å². The topological polar surface area (TPSA) is 29.1 Å². The second-order valence-corrected chi connectivity index (χ2v) is 6.68.